The van der Waals surface area contributed by atoms with Crippen LogP contribution >= 0.6 is 46.4 Å². The normalized spacial score (nSPS) is 12.4. The first-order valence-corrected chi connectivity index (χ1v) is 13.9. The first-order chi connectivity index (χ1) is 17.1. The fourth-order valence-electron chi connectivity index (χ4n) is 3.09. The summed E-state index contributed by atoms with van der Waals surface area (Å²) in [6.45, 7) is 6.45. The Balaban J connectivity index is 0.000000294. The van der Waals surface area contributed by atoms with Gasteiger partial charge in [-0.2, -0.15) is 0 Å². The summed E-state index contributed by atoms with van der Waals surface area (Å²) < 4.78 is 34.6. The van der Waals surface area contributed by atoms with E-state index in [2.05, 4.69) is 9.97 Å². The number of pyridine rings is 1. The van der Waals surface area contributed by atoms with E-state index in [4.69, 9.17) is 55.9 Å². The summed E-state index contributed by atoms with van der Waals surface area (Å²) in [5.74, 6) is 1.77. The van der Waals surface area contributed by atoms with Crippen molar-refractivity contribution < 1.29 is 27.8 Å². The van der Waals surface area contributed by atoms with Crippen molar-refractivity contribution in [3.63, 3.8) is 0 Å². The molecule has 0 aliphatic carbocycles. The van der Waals surface area contributed by atoms with Crippen molar-refractivity contribution in [1.29, 1.82) is 0 Å². The highest BCUT2D eigenvalue weighted by Crippen LogP contribution is 2.37. The molecule has 0 aliphatic heterocycles. The maximum Gasteiger partial charge on any atom is 0.417 e. The van der Waals surface area contributed by atoms with Crippen LogP contribution < -0.4 is 9.47 Å². The lowest BCUT2D eigenvalue weighted by Crippen LogP contribution is -2.29. The highest BCUT2D eigenvalue weighted by Gasteiger charge is 2.32. The number of carbonyl (C=O) groups is 1. The summed E-state index contributed by atoms with van der Waals surface area (Å²) >= 11 is 22.4. The Hall–Kier alpha value is -2.24. The minimum Gasteiger partial charge on any atom is -0.497 e. The minimum absolute atomic E-state index is 0.171. The number of sulfone groups is 1. The summed E-state index contributed by atoms with van der Waals surface area (Å²) in [6, 6.07) is 7.28. The molecular formula is C23H25Cl4N3O6S. The van der Waals surface area contributed by atoms with Crippen molar-refractivity contribution in [2.75, 3.05) is 20.0 Å². The Morgan fingerprint density at radius 2 is 1.57 bits per heavy atom. The average molecular weight is 613 g/mol. The molecule has 0 radical (unpaired) electrons. The molecule has 1 N–H and O–H groups in total. The summed E-state index contributed by atoms with van der Waals surface area (Å²) in [5.41, 5.74) is -0.203. The van der Waals surface area contributed by atoms with E-state index in [9.17, 15) is 18.3 Å². The molecule has 0 aliphatic rings. The van der Waals surface area contributed by atoms with Gasteiger partial charge in [0.05, 0.1) is 29.7 Å². The Labute approximate surface area is 235 Å². The quantitative estimate of drug-likeness (QED) is 0.304. The minimum atomic E-state index is -3.58. The molecule has 3 aromatic rings. The summed E-state index contributed by atoms with van der Waals surface area (Å²) in [5, 5.41) is 8.46. The van der Waals surface area contributed by atoms with Gasteiger partial charge in [0.2, 0.25) is 0 Å². The van der Waals surface area contributed by atoms with Gasteiger partial charge >= 0.3 is 6.09 Å². The van der Waals surface area contributed by atoms with Crippen LogP contribution in [0.3, 0.4) is 0 Å². The molecule has 14 heteroatoms. The molecule has 2 heterocycles. The molecule has 1 aromatic carbocycles. The average Bonchev–Trinajstić information content (AvgIpc) is 3.27. The van der Waals surface area contributed by atoms with Crippen LogP contribution in [0.1, 0.15) is 32.5 Å². The van der Waals surface area contributed by atoms with Gasteiger partial charge in [0.25, 0.3) is 0 Å². The number of benzene rings is 1. The number of hydrogen-bond acceptors (Lipinski definition) is 7. The van der Waals surface area contributed by atoms with Crippen LogP contribution in [-0.4, -0.2) is 54.1 Å². The number of hydrogen-bond donors (Lipinski definition) is 1. The maximum absolute atomic E-state index is 11.3. The summed E-state index contributed by atoms with van der Waals surface area (Å²) in [4.78, 5) is 18.8. The maximum atomic E-state index is 11.3. The van der Waals surface area contributed by atoms with Gasteiger partial charge in [0.1, 0.15) is 22.2 Å². The van der Waals surface area contributed by atoms with Crippen molar-refractivity contribution in [2.45, 2.75) is 31.6 Å². The van der Waals surface area contributed by atoms with E-state index < -0.39 is 15.9 Å². The Kier molecular flexibility index (Phi) is 10.5. The number of imidazole rings is 1. The van der Waals surface area contributed by atoms with Gasteiger partial charge in [-0.3, -0.25) is 0 Å². The Morgan fingerprint density at radius 1 is 1.05 bits per heavy atom. The van der Waals surface area contributed by atoms with Crippen molar-refractivity contribution >= 4 is 62.3 Å². The number of methoxy groups -OCH3 is 1. The van der Waals surface area contributed by atoms with Gasteiger partial charge in [0, 0.05) is 18.6 Å². The number of halogens is 4. The van der Waals surface area contributed by atoms with Crippen LogP contribution in [0.5, 0.6) is 11.5 Å². The molecule has 37 heavy (non-hydrogen) atoms. The highest BCUT2D eigenvalue weighted by molar-refractivity contribution is 7.91. The van der Waals surface area contributed by atoms with Crippen LogP contribution in [0.4, 0.5) is 4.79 Å². The number of carboxylic acid groups (broad SMARTS) is 1. The zero-order valence-corrected chi connectivity index (χ0v) is 24.3. The second-order valence-electron chi connectivity index (χ2n) is 8.77. The second-order valence-corrected chi connectivity index (χ2v) is 12.2. The lowest BCUT2D eigenvalue weighted by atomic mass is 9.80. The summed E-state index contributed by atoms with van der Waals surface area (Å²) in [6.07, 6.45) is 2.85. The molecule has 0 saturated carbocycles. The van der Waals surface area contributed by atoms with Gasteiger partial charge in [-0.25, -0.2) is 27.7 Å². The van der Waals surface area contributed by atoms with Gasteiger partial charge in [-0.05, 0) is 29.7 Å². The van der Waals surface area contributed by atoms with E-state index in [0.29, 0.717) is 18.2 Å². The molecule has 1 atom stereocenters. The predicted molar refractivity (Wildman–Crippen MR) is 144 cm³/mol. The molecule has 1 unspecified atom stereocenters. The standard InChI is InChI=1S/C17H22N2O4.C6H3Cl4NO2S/c1-17(2,3)14(15-18-9-10-19(15)16(20)21)11-23-13-7-5-12(22-4)6-8-13;1-14(12,13)4-2(7)5(9)11-6(10)3(4)8/h5-10,14H,11H2,1-4H3,(H,20,21);1H3. The van der Waals surface area contributed by atoms with Crippen LogP contribution in [-0.2, 0) is 9.84 Å². The molecule has 0 saturated heterocycles. The van der Waals surface area contributed by atoms with Crippen LogP contribution in [0, 0.1) is 5.41 Å². The van der Waals surface area contributed by atoms with E-state index in [1.165, 1.54) is 12.4 Å². The smallest absolute Gasteiger partial charge is 0.417 e. The van der Waals surface area contributed by atoms with Gasteiger partial charge in [-0.15, -0.1) is 0 Å². The molecule has 0 bridgehead atoms. The van der Waals surface area contributed by atoms with Crippen LogP contribution in [0.15, 0.2) is 41.6 Å². The molecule has 202 valence electrons. The van der Waals surface area contributed by atoms with Gasteiger partial charge in [0.15, 0.2) is 20.1 Å². The van der Waals surface area contributed by atoms with Crippen LogP contribution in [0.2, 0.25) is 20.4 Å². The van der Waals surface area contributed by atoms with E-state index in [-0.39, 0.29) is 36.6 Å². The van der Waals surface area contributed by atoms with Gasteiger partial charge < -0.3 is 14.6 Å². The number of nitrogens with zero attached hydrogens (tertiary/aromatic N) is 3. The molecular weight excluding hydrogens is 588 g/mol. The van der Waals surface area contributed by atoms with Crippen LogP contribution in [0.25, 0.3) is 0 Å². The molecule has 9 nitrogen and oxygen atoms in total. The summed E-state index contributed by atoms with van der Waals surface area (Å²) in [7, 11) is -1.97. The third-order valence-electron chi connectivity index (χ3n) is 5.04. The lowest BCUT2D eigenvalue weighted by Gasteiger charge is -2.30. The largest absolute Gasteiger partial charge is 0.497 e. The Bertz CT molecular complexity index is 1330. The first-order valence-electron chi connectivity index (χ1n) is 10.5. The van der Waals surface area contributed by atoms with E-state index in [1.54, 1.807) is 7.11 Å². The van der Waals surface area contributed by atoms with E-state index in [1.807, 2.05) is 45.0 Å². The van der Waals surface area contributed by atoms with Crippen molar-refractivity contribution in [3.8, 4) is 11.5 Å². The number of rotatable bonds is 6. The SMILES string of the molecule is COc1ccc(OCC(c2nccn2C(=O)O)C(C)(C)C)cc1.CS(=O)(=O)c1c(Cl)c(Cl)nc(Cl)c1Cl. The molecule has 0 fully saturated rings. The highest BCUT2D eigenvalue weighted by atomic mass is 35.5. The molecule has 2 aromatic heterocycles. The second kappa shape index (κ2) is 12.5. The first kappa shape index (κ1) is 31.0. The fraction of sp³-hybridized carbons (Fsp3) is 0.348. The zero-order chi connectivity index (χ0) is 28.1. The van der Waals surface area contributed by atoms with Crippen molar-refractivity contribution in [1.82, 2.24) is 14.5 Å². The molecule has 0 amide bonds. The number of ether oxygens (including phenoxy) is 2. The monoisotopic (exact) mass is 611 g/mol. The number of aromatic nitrogens is 3. The lowest BCUT2D eigenvalue weighted by molar-refractivity contribution is 0.180. The van der Waals surface area contributed by atoms with Gasteiger partial charge in [-0.1, -0.05) is 67.2 Å². The third kappa shape index (κ3) is 8.12. The van der Waals surface area contributed by atoms with E-state index in [0.717, 1.165) is 16.6 Å². The topological polar surface area (TPSA) is 121 Å². The molecule has 0 spiro atoms. The fourth-order valence-corrected chi connectivity index (χ4v) is 5.61. The predicted octanol–water partition coefficient (Wildman–Crippen LogP) is 6.73. The molecule has 3 rings (SSSR count). The third-order valence-corrected chi connectivity index (χ3v) is 7.89. The van der Waals surface area contributed by atoms with Crippen molar-refractivity contribution in [3.05, 3.63) is 62.8 Å². The Morgan fingerprint density at radius 3 is 2.00 bits per heavy atom. The zero-order valence-electron chi connectivity index (χ0n) is 20.5. The van der Waals surface area contributed by atoms with E-state index >= 15 is 0 Å². The van der Waals surface area contributed by atoms with Crippen molar-refractivity contribution in [2.24, 2.45) is 5.41 Å².